The molecule has 0 spiro atoms. The summed E-state index contributed by atoms with van der Waals surface area (Å²) in [5.41, 5.74) is 0. The average molecular weight is 225 g/mol. The van der Waals surface area contributed by atoms with Gasteiger partial charge in [0.25, 0.3) is 0 Å². The Bertz CT molecular complexity index is 346. The molecule has 5 heteroatoms. The van der Waals surface area contributed by atoms with Crippen LogP contribution in [0, 0.1) is 5.95 Å². The molecule has 1 atom stereocenters. The fourth-order valence-corrected chi connectivity index (χ4v) is 2.02. The van der Waals surface area contributed by atoms with Gasteiger partial charge >= 0.3 is 0 Å². The Kier molecular flexibility index (Phi) is 3.66. The van der Waals surface area contributed by atoms with Gasteiger partial charge < -0.3 is 9.64 Å². The summed E-state index contributed by atoms with van der Waals surface area (Å²) in [6, 6.07) is 1.37. The number of hydrogen-bond acceptors (Lipinski definition) is 4. The highest BCUT2D eigenvalue weighted by molar-refractivity contribution is 5.37. The zero-order valence-corrected chi connectivity index (χ0v) is 9.40. The molecule has 0 aliphatic carbocycles. The van der Waals surface area contributed by atoms with E-state index in [1.807, 2.05) is 6.92 Å². The van der Waals surface area contributed by atoms with E-state index in [0.717, 1.165) is 32.5 Å². The third-order valence-electron chi connectivity index (χ3n) is 2.72. The van der Waals surface area contributed by atoms with E-state index in [-0.39, 0.29) is 6.10 Å². The number of hydrogen-bond donors (Lipinski definition) is 0. The van der Waals surface area contributed by atoms with Gasteiger partial charge in [0.2, 0.25) is 5.95 Å². The largest absolute Gasteiger partial charge is 0.377 e. The highest BCUT2D eigenvalue weighted by Crippen LogP contribution is 2.19. The Morgan fingerprint density at radius 1 is 1.56 bits per heavy atom. The highest BCUT2D eigenvalue weighted by atomic mass is 19.1. The van der Waals surface area contributed by atoms with Crippen LogP contribution in [0.4, 0.5) is 10.2 Å². The number of piperidine rings is 1. The average Bonchev–Trinajstić information content (AvgIpc) is 2.30. The molecule has 1 aliphatic heterocycles. The number of nitrogens with zero attached hydrogens (tertiary/aromatic N) is 3. The molecule has 0 radical (unpaired) electrons. The number of rotatable bonds is 3. The maximum atomic E-state index is 13.0. The first-order chi connectivity index (χ1) is 7.79. The lowest BCUT2D eigenvalue weighted by molar-refractivity contribution is 0.0525. The predicted molar refractivity (Wildman–Crippen MR) is 58.9 cm³/mol. The molecule has 4 nitrogen and oxygen atoms in total. The van der Waals surface area contributed by atoms with Crippen molar-refractivity contribution in [3.05, 3.63) is 18.3 Å². The maximum absolute atomic E-state index is 13.0. The first-order valence-electron chi connectivity index (χ1n) is 5.63. The molecule has 0 amide bonds. The molecule has 0 bridgehead atoms. The molecule has 0 N–H and O–H groups in total. The zero-order valence-electron chi connectivity index (χ0n) is 9.40. The van der Waals surface area contributed by atoms with Crippen molar-refractivity contribution in [1.29, 1.82) is 0 Å². The van der Waals surface area contributed by atoms with Crippen LogP contribution in [0.3, 0.4) is 0 Å². The zero-order chi connectivity index (χ0) is 11.4. The van der Waals surface area contributed by atoms with Crippen molar-refractivity contribution in [2.75, 3.05) is 24.6 Å². The minimum absolute atomic E-state index is 0.233. The van der Waals surface area contributed by atoms with Gasteiger partial charge in [0.15, 0.2) is 0 Å². The van der Waals surface area contributed by atoms with Crippen LogP contribution in [0.5, 0.6) is 0 Å². The molecular weight excluding hydrogens is 209 g/mol. The molecule has 1 fully saturated rings. The SMILES string of the molecule is CCOC1CCCN(c2cc(F)ncn2)C1. The molecule has 16 heavy (non-hydrogen) atoms. The molecule has 88 valence electrons. The second kappa shape index (κ2) is 5.21. The molecule has 2 heterocycles. The summed E-state index contributed by atoms with van der Waals surface area (Å²) in [6.07, 6.45) is 3.61. The van der Waals surface area contributed by atoms with Gasteiger partial charge in [-0.25, -0.2) is 9.97 Å². The summed E-state index contributed by atoms with van der Waals surface area (Å²) in [7, 11) is 0. The Labute approximate surface area is 94.5 Å². The smallest absolute Gasteiger partial charge is 0.218 e. The molecule has 0 saturated carbocycles. The fraction of sp³-hybridized carbons (Fsp3) is 0.636. The van der Waals surface area contributed by atoms with Crippen molar-refractivity contribution in [3.8, 4) is 0 Å². The summed E-state index contributed by atoms with van der Waals surface area (Å²) < 4.78 is 18.5. The van der Waals surface area contributed by atoms with E-state index in [9.17, 15) is 4.39 Å². The Balaban J connectivity index is 2.03. The van der Waals surface area contributed by atoms with Gasteiger partial charge in [-0.3, -0.25) is 0 Å². The van der Waals surface area contributed by atoms with Crippen LogP contribution in [-0.4, -0.2) is 35.8 Å². The third kappa shape index (κ3) is 2.66. The van der Waals surface area contributed by atoms with Crippen molar-refractivity contribution in [1.82, 2.24) is 9.97 Å². The second-order valence-corrected chi connectivity index (χ2v) is 3.86. The van der Waals surface area contributed by atoms with Crippen molar-refractivity contribution >= 4 is 5.82 Å². The summed E-state index contributed by atoms with van der Waals surface area (Å²) in [5, 5.41) is 0. The van der Waals surface area contributed by atoms with Crippen LogP contribution in [0.2, 0.25) is 0 Å². The third-order valence-corrected chi connectivity index (χ3v) is 2.72. The number of anilines is 1. The first kappa shape index (κ1) is 11.3. The predicted octanol–water partition coefficient (Wildman–Crippen LogP) is 1.62. The van der Waals surface area contributed by atoms with Crippen molar-refractivity contribution in [3.63, 3.8) is 0 Å². The van der Waals surface area contributed by atoms with E-state index in [2.05, 4.69) is 14.9 Å². The second-order valence-electron chi connectivity index (χ2n) is 3.86. The normalized spacial score (nSPS) is 21.1. The van der Waals surface area contributed by atoms with Gasteiger partial charge in [0, 0.05) is 25.8 Å². The molecular formula is C11H16FN3O. The molecule has 0 aromatic carbocycles. The molecule has 1 aromatic rings. The summed E-state index contributed by atoms with van der Waals surface area (Å²) in [6.45, 7) is 4.39. The minimum atomic E-state index is -0.483. The molecule has 1 aromatic heterocycles. The van der Waals surface area contributed by atoms with Crippen molar-refractivity contribution in [2.45, 2.75) is 25.9 Å². The van der Waals surface area contributed by atoms with Gasteiger partial charge in [0.1, 0.15) is 12.1 Å². The van der Waals surface area contributed by atoms with E-state index >= 15 is 0 Å². The van der Waals surface area contributed by atoms with Crippen LogP contribution >= 0.6 is 0 Å². The highest BCUT2D eigenvalue weighted by Gasteiger charge is 2.21. The van der Waals surface area contributed by atoms with Crippen LogP contribution in [0.25, 0.3) is 0 Å². The quantitative estimate of drug-likeness (QED) is 0.733. The van der Waals surface area contributed by atoms with Crippen molar-refractivity contribution < 1.29 is 9.13 Å². The number of aromatic nitrogens is 2. The lowest BCUT2D eigenvalue weighted by Crippen LogP contribution is -2.40. The summed E-state index contributed by atoms with van der Waals surface area (Å²) in [5.74, 6) is 0.167. The standard InChI is InChI=1S/C11H16FN3O/c1-2-16-9-4-3-5-15(7-9)11-6-10(12)13-8-14-11/h6,8-9H,2-5,7H2,1H3. The topological polar surface area (TPSA) is 38.2 Å². The van der Waals surface area contributed by atoms with Gasteiger partial charge in [-0.05, 0) is 19.8 Å². The Morgan fingerprint density at radius 2 is 2.44 bits per heavy atom. The van der Waals surface area contributed by atoms with Gasteiger partial charge in [0.05, 0.1) is 6.10 Å². The molecule has 1 saturated heterocycles. The van der Waals surface area contributed by atoms with E-state index in [1.165, 1.54) is 12.4 Å². The lowest BCUT2D eigenvalue weighted by atomic mass is 10.1. The van der Waals surface area contributed by atoms with Crippen LogP contribution < -0.4 is 4.90 Å². The van der Waals surface area contributed by atoms with E-state index < -0.39 is 5.95 Å². The van der Waals surface area contributed by atoms with E-state index in [1.54, 1.807) is 0 Å². The van der Waals surface area contributed by atoms with E-state index in [0.29, 0.717) is 5.82 Å². The summed E-state index contributed by atoms with van der Waals surface area (Å²) >= 11 is 0. The van der Waals surface area contributed by atoms with Crippen LogP contribution in [-0.2, 0) is 4.74 Å². The van der Waals surface area contributed by atoms with E-state index in [4.69, 9.17) is 4.74 Å². The van der Waals surface area contributed by atoms with Crippen molar-refractivity contribution in [2.24, 2.45) is 0 Å². The number of ether oxygens (including phenoxy) is 1. The van der Waals surface area contributed by atoms with Gasteiger partial charge in [-0.15, -0.1) is 0 Å². The van der Waals surface area contributed by atoms with Crippen LogP contribution in [0.15, 0.2) is 12.4 Å². The number of halogens is 1. The maximum Gasteiger partial charge on any atom is 0.218 e. The minimum Gasteiger partial charge on any atom is -0.377 e. The fourth-order valence-electron chi connectivity index (χ4n) is 2.02. The van der Waals surface area contributed by atoms with Gasteiger partial charge in [-0.1, -0.05) is 0 Å². The summed E-state index contributed by atoms with van der Waals surface area (Å²) in [4.78, 5) is 9.58. The monoisotopic (exact) mass is 225 g/mol. The van der Waals surface area contributed by atoms with Gasteiger partial charge in [-0.2, -0.15) is 4.39 Å². The molecule has 1 unspecified atom stereocenters. The molecule has 1 aliphatic rings. The first-order valence-corrected chi connectivity index (χ1v) is 5.63. The van der Waals surface area contributed by atoms with Crippen LogP contribution in [0.1, 0.15) is 19.8 Å². The Hall–Kier alpha value is -1.23. The Morgan fingerprint density at radius 3 is 3.19 bits per heavy atom. The lowest BCUT2D eigenvalue weighted by Gasteiger charge is -2.33. The molecule has 2 rings (SSSR count).